The number of primary amides is 1. The van der Waals surface area contributed by atoms with Crippen LogP contribution >= 0.6 is 0 Å². The van der Waals surface area contributed by atoms with Gasteiger partial charge in [-0.25, -0.2) is 9.18 Å². The van der Waals surface area contributed by atoms with E-state index in [0.29, 0.717) is 17.7 Å². The van der Waals surface area contributed by atoms with Crippen LogP contribution in [-0.4, -0.2) is 52.5 Å². The summed E-state index contributed by atoms with van der Waals surface area (Å²) in [6.45, 7) is 5.28. The van der Waals surface area contributed by atoms with Crippen LogP contribution in [0, 0.1) is 11.7 Å². The molecule has 4 atom stereocenters. The van der Waals surface area contributed by atoms with Crippen molar-refractivity contribution in [3.05, 3.63) is 53.3 Å². The van der Waals surface area contributed by atoms with E-state index in [1.54, 1.807) is 51.1 Å². The van der Waals surface area contributed by atoms with Gasteiger partial charge in [0.25, 0.3) is 0 Å². The number of hydrogen-bond donors (Lipinski definition) is 2. The molecule has 0 spiro atoms. The van der Waals surface area contributed by atoms with Gasteiger partial charge in [0, 0.05) is 18.0 Å². The Morgan fingerprint density at radius 1 is 1.15 bits per heavy atom. The minimum Gasteiger partial charge on any atom is -0.444 e. The molecular formula is C29H32FN3O6. The number of rotatable bonds is 6. The molecule has 5 rings (SSSR count). The molecule has 2 aromatic carbocycles. The van der Waals surface area contributed by atoms with Crippen molar-refractivity contribution in [2.24, 2.45) is 11.7 Å². The van der Waals surface area contributed by atoms with Crippen molar-refractivity contribution >= 4 is 23.9 Å². The summed E-state index contributed by atoms with van der Waals surface area (Å²) in [4.78, 5) is 51.6. The van der Waals surface area contributed by atoms with Gasteiger partial charge in [-0.05, 0) is 80.8 Å². The number of carbonyl (C=O) groups excluding carboxylic acids is 4. The Kier molecular flexibility index (Phi) is 6.82. The van der Waals surface area contributed by atoms with Gasteiger partial charge in [0.05, 0.1) is 6.42 Å². The molecule has 0 radical (unpaired) electrons. The van der Waals surface area contributed by atoms with Gasteiger partial charge in [0.1, 0.15) is 29.3 Å². The number of carbonyl (C=O) groups is 4. The van der Waals surface area contributed by atoms with E-state index in [9.17, 15) is 19.2 Å². The second kappa shape index (κ2) is 9.98. The quantitative estimate of drug-likeness (QED) is 0.430. The topological polar surface area (TPSA) is 128 Å². The molecule has 3 N–H and O–H groups in total. The molecule has 1 aliphatic carbocycles. The summed E-state index contributed by atoms with van der Waals surface area (Å²) in [6.07, 6.45) is 1.73. The van der Waals surface area contributed by atoms with Crippen LogP contribution in [0.1, 0.15) is 51.2 Å². The summed E-state index contributed by atoms with van der Waals surface area (Å²) in [6, 6.07) is 7.76. The van der Waals surface area contributed by atoms with E-state index < -0.39 is 41.4 Å². The Morgan fingerprint density at radius 3 is 2.56 bits per heavy atom. The highest BCUT2D eigenvalue weighted by molar-refractivity contribution is 5.92. The van der Waals surface area contributed by atoms with Gasteiger partial charge in [-0.1, -0.05) is 18.2 Å². The fourth-order valence-electron chi connectivity index (χ4n) is 5.81. The number of amides is 3. The van der Waals surface area contributed by atoms with Gasteiger partial charge in [-0.2, -0.15) is 0 Å². The van der Waals surface area contributed by atoms with Crippen LogP contribution in [-0.2, 0) is 32.0 Å². The Labute approximate surface area is 225 Å². The lowest BCUT2D eigenvalue weighted by atomic mass is 9.96. The van der Waals surface area contributed by atoms with Crippen molar-refractivity contribution in [2.45, 2.75) is 76.6 Å². The van der Waals surface area contributed by atoms with E-state index in [0.717, 1.165) is 24.0 Å². The van der Waals surface area contributed by atoms with Crippen molar-refractivity contribution in [1.29, 1.82) is 0 Å². The first-order valence-electron chi connectivity index (χ1n) is 13.1. The molecule has 206 valence electrons. The third-order valence-electron chi connectivity index (χ3n) is 7.55. The lowest BCUT2D eigenvalue weighted by Gasteiger charge is -2.36. The fraction of sp³-hybridized carbons (Fsp3) is 0.448. The number of nitrogens with one attached hydrogen (secondary N) is 1. The number of hydrogen-bond acceptors (Lipinski definition) is 6. The van der Waals surface area contributed by atoms with E-state index in [1.807, 2.05) is 0 Å². The summed E-state index contributed by atoms with van der Waals surface area (Å²) in [7, 11) is 0. The third kappa shape index (κ3) is 5.46. The predicted octanol–water partition coefficient (Wildman–Crippen LogP) is 3.25. The fourth-order valence-corrected chi connectivity index (χ4v) is 5.81. The zero-order chi connectivity index (χ0) is 28.1. The van der Waals surface area contributed by atoms with Crippen molar-refractivity contribution in [3.8, 4) is 16.9 Å². The molecule has 9 nitrogen and oxygen atoms in total. The molecule has 2 aliphatic heterocycles. The minimum absolute atomic E-state index is 0.0416. The van der Waals surface area contributed by atoms with Crippen LogP contribution in [0.3, 0.4) is 0 Å². The largest absolute Gasteiger partial charge is 0.444 e. The van der Waals surface area contributed by atoms with Crippen LogP contribution in [0.2, 0.25) is 0 Å². The SMILES string of the molecule is CC(C)(C)OC(=O)N1[C@@H]2CC[C@@H](C2)[C@H]1C(=O)N[C@@H](Cc1ccc(-c2ccc3c(c2)CC(=O)O3)cc1F)C(N)=O. The van der Waals surface area contributed by atoms with Gasteiger partial charge in [-0.15, -0.1) is 0 Å². The Bertz CT molecular complexity index is 1350. The average molecular weight is 538 g/mol. The molecule has 2 heterocycles. The highest BCUT2D eigenvalue weighted by Crippen LogP contribution is 2.43. The normalized spacial score (nSPS) is 22.3. The van der Waals surface area contributed by atoms with Crippen molar-refractivity contribution in [2.75, 3.05) is 0 Å². The number of halogens is 1. The molecule has 2 bridgehead atoms. The molecular weight excluding hydrogens is 505 g/mol. The maximum Gasteiger partial charge on any atom is 0.411 e. The molecule has 10 heteroatoms. The van der Waals surface area contributed by atoms with Crippen LogP contribution in [0.15, 0.2) is 36.4 Å². The van der Waals surface area contributed by atoms with Gasteiger partial charge >= 0.3 is 12.1 Å². The maximum absolute atomic E-state index is 15.2. The van der Waals surface area contributed by atoms with E-state index >= 15 is 4.39 Å². The van der Waals surface area contributed by atoms with Gasteiger partial charge in [-0.3, -0.25) is 19.3 Å². The molecule has 2 fully saturated rings. The molecule has 2 aromatic rings. The summed E-state index contributed by atoms with van der Waals surface area (Å²) in [5, 5.41) is 2.67. The van der Waals surface area contributed by atoms with Gasteiger partial charge in [0.2, 0.25) is 11.8 Å². The second-order valence-electron chi connectivity index (χ2n) is 11.5. The summed E-state index contributed by atoms with van der Waals surface area (Å²) in [5.74, 6) is -1.73. The Morgan fingerprint density at radius 2 is 1.87 bits per heavy atom. The van der Waals surface area contributed by atoms with Crippen LogP contribution < -0.4 is 15.8 Å². The zero-order valence-corrected chi connectivity index (χ0v) is 22.2. The van der Waals surface area contributed by atoms with Crippen molar-refractivity contribution < 1.29 is 33.0 Å². The number of esters is 1. The lowest BCUT2D eigenvalue weighted by Crippen LogP contribution is -2.57. The van der Waals surface area contributed by atoms with Crippen LogP contribution in [0.4, 0.5) is 9.18 Å². The number of piperidine rings is 1. The highest BCUT2D eigenvalue weighted by atomic mass is 19.1. The maximum atomic E-state index is 15.2. The average Bonchev–Trinajstić information content (AvgIpc) is 3.56. The molecule has 3 amide bonds. The molecule has 3 aliphatic rings. The minimum atomic E-state index is -1.17. The summed E-state index contributed by atoms with van der Waals surface area (Å²) in [5.41, 5.74) is 7.13. The summed E-state index contributed by atoms with van der Waals surface area (Å²) >= 11 is 0. The molecule has 1 saturated heterocycles. The number of likely N-dealkylation sites (tertiary alicyclic amines) is 1. The van der Waals surface area contributed by atoms with Gasteiger partial charge < -0.3 is 20.5 Å². The lowest BCUT2D eigenvalue weighted by molar-refractivity contribution is -0.132. The number of ether oxygens (including phenoxy) is 2. The van der Waals surface area contributed by atoms with Crippen LogP contribution in [0.25, 0.3) is 11.1 Å². The second-order valence-corrected chi connectivity index (χ2v) is 11.5. The van der Waals surface area contributed by atoms with E-state index in [-0.39, 0.29) is 36.3 Å². The number of benzene rings is 2. The standard InChI is InChI=1S/C29H32FN3O6/c1-29(2,3)39-28(37)33-20-8-6-18(11-20)25(33)27(36)32-22(26(31)35)13-17-5-4-16(12-21(17)30)15-7-9-23-19(10-15)14-24(34)38-23/h4-5,7,9-10,12,18,20,22,25H,6,8,11,13-14H2,1-3H3,(H2,31,35)(H,32,36)/t18-,20+,22-,25-/m0/s1. The van der Waals surface area contributed by atoms with E-state index in [4.69, 9.17) is 15.2 Å². The first-order valence-corrected chi connectivity index (χ1v) is 13.1. The number of nitrogens with zero attached hydrogens (tertiary/aromatic N) is 1. The third-order valence-corrected chi connectivity index (χ3v) is 7.55. The van der Waals surface area contributed by atoms with E-state index in [2.05, 4.69) is 5.32 Å². The van der Waals surface area contributed by atoms with Crippen molar-refractivity contribution in [3.63, 3.8) is 0 Å². The predicted molar refractivity (Wildman–Crippen MR) is 139 cm³/mol. The Balaban J connectivity index is 1.30. The molecule has 0 aromatic heterocycles. The monoisotopic (exact) mass is 537 g/mol. The van der Waals surface area contributed by atoms with Crippen LogP contribution in [0.5, 0.6) is 5.75 Å². The zero-order valence-electron chi connectivity index (χ0n) is 22.2. The molecule has 39 heavy (non-hydrogen) atoms. The number of fused-ring (bicyclic) bond motifs is 3. The highest BCUT2D eigenvalue weighted by Gasteiger charge is 2.52. The van der Waals surface area contributed by atoms with Gasteiger partial charge in [0.15, 0.2) is 0 Å². The smallest absolute Gasteiger partial charge is 0.411 e. The first kappa shape index (κ1) is 26.6. The van der Waals surface area contributed by atoms with Crippen molar-refractivity contribution in [1.82, 2.24) is 10.2 Å². The number of nitrogens with two attached hydrogens (primary N) is 1. The first-order chi connectivity index (χ1) is 18.4. The Hall–Kier alpha value is -3.95. The molecule has 0 unspecified atom stereocenters. The van der Waals surface area contributed by atoms with E-state index in [1.165, 1.54) is 11.0 Å². The molecule has 1 saturated carbocycles. The summed E-state index contributed by atoms with van der Waals surface area (Å²) < 4.78 is 25.8.